The molecule has 1 saturated heterocycles. The Hall–Kier alpha value is -1.94. The molecular weight excluding hydrogens is 392 g/mol. The minimum absolute atomic E-state index is 0.0438. The zero-order chi connectivity index (χ0) is 20.7. The highest BCUT2D eigenvalue weighted by Gasteiger charge is 2.45. The Bertz CT molecular complexity index is 913. The van der Waals surface area contributed by atoms with Gasteiger partial charge in [0.2, 0.25) is 6.29 Å². The number of hydrogen-bond donors (Lipinski definition) is 5. The SMILES string of the molecule is CC(=O)c1c(C)c(Cl)c2cccc(O[C@@H]3O[C@H](CO)[C@@H](O)[C@H](O)[C@@H]3O)c2c1O. The van der Waals surface area contributed by atoms with Crippen molar-refractivity contribution in [2.24, 2.45) is 0 Å². The van der Waals surface area contributed by atoms with E-state index in [0.29, 0.717) is 10.9 Å². The summed E-state index contributed by atoms with van der Waals surface area (Å²) in [6.07, 6.45) is -7.35. The number of carbonyl (C=O) groups is 1. The molecule has 0 aromatic heterocycles. The fraction of sp³-hybridized carbons (Fsp3) is 0.421. The van der Waals surface area contributed by atoms with Crippen LogP contribution in [0.4, 0.5) is 0 Å². The largest absolute Gasteiger partial charge is 0.506 e. The van der Waals surface area contributed by atoms with Gasteiger partial charge in [0, 0.05) is 5.39 Å². The lowest BCUT2D eigenvalue weighted by atomic mass is 9.97. The number of Topliss-reactive ketones (excluding diaryl/α,β-unsaturated/α-hetero) is 1. The molecule has 1 heterocycles. The second-order valence-electron chi connectivity index (χ2n) is 6.71. The Morgan fingerprint density at radius 3 is 2.50 bits per heavy atom. The predicted octanol–water partition coefficient (Wildman–Crippen LogP) is 0.889. The molecule has 5 N–H and O–H groups in total. The second kappa shape index (κ2) is 7.82. The van der Waals surface area contributed by atoms with E-state index in [9.17, 15) is 30.3 Å². The smallest absolute Gasteiger partial charge is 0.229 e. The Labute approximate surface area is 165 Å². The number of aromatic hydroxyl groups is 1. The van der Waals surface area contributed by atoms with Crippen LogP contribution in [0.1, 0.15) is 22.8 Å². The molecular formula is C19H21ClO8. The molecule has 5 atom stereocenters. The van der Waals surface area contributed by atoms with Crippen LogP contribution in [-0.2, 0) is 4.74 Å². The third kappa shape index (κ3) is 3.32. The first kappa shape index (κ1) is 20.8. The number of rotatable bonds is 4. The van der Waals surface area contributed by atoms with E-state index in [2.05, 4.69) is 0 Å². The molecule has 1 aliphatic heterocycles. The highest BCUT2D eigenvalue weighted by molar-refractivity contribution is 6.37. The highest BCUT2D eigenvalue weighted by Crippen LogP contribution is 2.43. The molecule has 0 bridgehead atoms. The predicted molar refractivity (Wildman–Crippen MR) is 99.8 cm³/mol. The number of halogens is 1. The summed E-state index contributed by atoms with van der Waals surface area (Å²) in [5, 5.41) is 50.8. The average Bonchev–Trinajstić information content (AvgIpc) is 2.66. The zero-order valence-corrected chi connectivity index (χ0v) is 15.9. The number of phenolic OH excluding ortho intramolecular Hbond substituents is 1. The van der Waals surface area contributed by atoms with Gasteiger partial charge >= 0.3 is 0 Å². The lowest BCUT2D eigenvalue weighted by Crippen LogP contribution is -2.60. The Balaban J connectivity index is 2.10. The van der Waals surface area contributed by atoms with E-state index in [-0.39, 0.29) is 33.3 Å². The van der Waals surface area contributed by atoms with Crippen LogP contribution in [0.25, 0.3) is 10.8 Å². The fourth-order valence-electron chi connectivity index (χ4n) is 3.39. The molecule has 0 radical (unpaired) electrons. The quantitative estimate of drug-likeness (QED) is 0.467. The summed E-state index contributed by atoms with van der Waals surface area (Å²) in [6.45, 7) is 2.31. The molecule has 1 fully saturated rings. The Morgan fingerprint density at radius 2 is 1.89 bits per heavy atom. The summed E-state index contributed by atoms with van der Waals surface area (Å²) < 4.78 is 11.0. The molecule has 2 aromatic carbocycles. The topological polar surface area (TPSA) is 137 Å². The van der Waals surface area contributed by atoms with Crippen molar-refractivity contribution in [3.8, 4) is 11.5 Å². The van der Waals surface area contributed by atoms with Gasteiger partial charge in [-0.25, -0.2) is 0 Å². The number of hydrogen-bond acceptors (Lipinski definition) is 8. The van der Waals surface area contributed by atoms with Crippen LogP contribution in [0.5, 0.6) is 11.5 Å². The van der Waals surface area contributed by atoms with Gasteiger partial charge in [-0.05, 0) is 25.5 Å². The van der Waals surface area contributed by atoms with Gasteiger partial charge in [0.15, 0.2) is 5.78 Å². The minimum atomic E-state index is -1.62. The van der Waals surface area contributed by atoms with E-state index in [4.69, 9.17) is 21.1 Å². The van der Waals surface area contributed by atoms with E-state index in [1.54, 1.807) is 19.1 Å². The van der Waals surface area contributed by atoms with Gasteiger partial charge in [0.25, 0.3) is 0 Å². The Kier molecular flexibility index (Phi) is 5.81. The van der Waals surface area contributed by atoms with Gasteiger partial charge in [0.1, 0.15) is 35.9 Å². The fourth-order valence-corrected chi connectivity index (χ4v) is 3.64. The molecule has 0 saturated carbocycles. The molecule has 8 nitrogen and oxygen atoms in total. The van der Waals surface area contributed by atoms with Crippen LogP contribution in [0, 0.1) is 6.92 Å². The molecule has 1 aliphatic rings. The van der Waals surface area contributed by atoms with Crippen LogP contribution in [-0.4, -0.2) is 68.6 Å². The average molecular weight is 413 g/mol. The summed E-state index contributed by atoms with van der Waals surface area (Å²) in [6, 6.07) is 4.70. The van der Waals surface area contributed by atoms with Crippen LogP contribution in [0.15, 0.2) is 18.2 Å². The van der Waals surface area contributed by atoms with Crippen molar-refractivity contribution in [1.82, 2.24) is 0 Å². The molecule has 9 heteroatoms. The highest BCUT2D eigenvalue weighted by atomic mass is 35.5. The van der Waals surface area contributed by atoms with Gasteiger partial charge in [-0.15, -0.1) is 0 Å². The van der Waals surface area contributed by atoms with Crippen molar-refractivity contribution in [3.05, 3.63) is 34.3 Å². The molecule has 0 amide bonds. The zero-order valence-electron chi connectivity index (χ0n) is 15.2. The van der Waals surface area contributed by atoms with Crippen LogP contribution < -0.4 is 4.74 Å². The van der Waals surface area contributed by atoms with Gasteiger partial charge in [-0.1, -0.05) is 23.7 Å². The van der Waals surface area contributed by atoms with E-state index >= 15 is 0 Å². The monoisotopic (exact) mass is 412 g/mol. The summed E-state index contributed by atoms with van der Waals surface area (Å²) in [4.78, 5) is 12.0. The summed E-state index contributed by atoms with van der Waals surface area (Å²) in [5.74, 6) is -0.672. The second-order valence-corrected chi connectivity index (χ2v) is 7.09. The summed E-state index contributed by atoms with van der Waals surface area (Å²) >= 11 is 6.37. The molecule has 3 rings (SSSR count). The number of aliphatic hydroxyl groups is 4. The van der Waals surface area contributed by atoms with Gasteiger partial charge in [-0.3, -0.25) is 4.79 Å². The molecule has 28 heavy (non-hydrogen) atoms. The van der Waals surface area contributed by atoms with Crippen molar-refractivity contribution < 1.29 is 39.8 Å². The van der Waals surface area contributed by atoms with Crippen molar-refractivity contribution in [2.45, 2.75) is 44.6 Å². The maximum absolute atomic E-state index is 12.0. The first-order valence-corrected chi connectivity index (χ1v) is 8.98. The van der Waals surface area contributed by atoms with Crippen LogP contribution in [0.3, 0.4) is 0 Å². The maximum atomic E-state index is 12.0. The first-order chi connectivity index (χ1) is 13.2. The van der Waals surface area contributed by atoms with Crippen molar-refractivity contribution in [1.29, 1.82) is 0 Å². The third-order valence-corrected chi connectivity index (χ3v) is 5.37. The third-order valence-electron chi connectivity index (χ3n) is 4.88. The van der Waals surface area contributed by atoms with Crippen molar-refractivity contribution >= 4 is 28.2 Å². The normalized spacial score (nSPS) is 27.8. The molecule has 0 unspecified atom stereocenters. The van der Waals surface area contributed by atoms with Gasteiger partial charge < -0.3 is 35.0 Å². The molecule has 0 aliphatic carbocycles. The standard InChI is InChI=1S/C19H21ClO8/c1-7-12(8(2)22)16(24)13-9(14(7)20)4-3-5-10(13)27-19-18(26)17(25)15(23)11(6-21)28-19/h3-5,11,15,17-19,21,23-26H,6H2,1-2H3/t11-,15-,17+,18+,19-/m1/s1. The number of aliphatic hydroxyl groups excluding tert-OH is 4. The number of ether oxygens (including phenoxy) is 2. The van der Waals surface area contributed by atoms with Crippen LogP contribution in [0.2, 0.25) is 5.02 Å². The first-order valence-electron chi connectivity index (χ1n) is 8.60. The number of ketones is 1. The summed E-state index contributed by atoms with van der Waals surface area (Å²) in [5.41, 5.74) is 0.464. The number of carbonyl (C=O) groups excluding carboxylic acids is 1. The van der Waals surface area contributed by atoms with E-state index < -0.39 is 37.3 Å². The number of fused-ring (bicyclic) bond motifs is 1. The van der Waals surface area contributed by atoms with E-state index in [1.165, 1.54) is 13.0 Å². The lowest BCUT2D eigenvalue weighted by Gasteiger charge is -2.39. The number of phenols is 1. The minimum Gasteiger partial charge on any atom is -0.506 e. The lowest BCUT2D eigenvalue weighted by molar-refractivity contribution is -0.277. The Morgan fingerprint density at radius 1 is 1.21 bits per heavy atom. The van der Waals surface area contributed by atoms with E-state index in [0.717, 1.165) is 0 Å². The molecule has 0 spiro atoms. The maximum Gasteiger partial charge on any atom is 0.229 e. The van der Waals surface area contributed by atoms with Crippen molar-refractivity contribution in [2.75, 3.05) is 6.61 Å². The van der Waals surface area contributed by atoms with Gasteiger partial charge in [-0.2, -0.15) is 0 Å². The molecule has 2 aromatic rings. The van der Waals surface area contributed by atoms with Gasteiger partial charge in [0.05, 0.1) is 22.6 Å². The summed E-state index contributed by atoms with van der Waals surface area (Å²) in [7, 11) is 0. The number of benzene rings is 2. The van der Waals surface area contributed by atoms with E-state index in [1.807, 2.05) is 0 Å². The van der Waals surface area contributed by atoms with Crippen LogP contribution >= 0.6 is 11.6 Å². The molecule has 152 valence electrons. The van der Waals surface area contributed by atoms with Crippen molar-refractivity contribution in [3.63, 3.8) is 0 Å².